The van der Waals surface area contributed by atoms with Gasteiger partial charge < -0.3 is 4.57 Å². The van der Waals surface area contributed by atoms with E-state index in [1.54, 1.807) is 0 Å². The third-order valence-corrected chi connectivity index (χ3v) is 9.04. The van der Waals surface area contributed by atoms with E-state index in [0.29, 0.717) is 27.0 Å². The molecule has 5 fully saturated rings. The van der Waals surface area contributed by atoms with Crippen LogP contribution in [0, 0.1) is 23.2 Å². The number of nitrogens with zero attached hydrogens (tertiary/aromatic N) is 2. The van der Waals surface area contributed by atoms with E-state index in [2.05, 4.69) is 22.1 Å². The van der Waals surface area contributed by atoms with E-state index in [0.717, 1.165) is 35.7 Å². The fourth-order valence-corrected chi connectivity index (χ4v) is 7.97. The number of hydrazine groups is 1. The molecular weight excluding hydrogens is 426 g/mol. The Morgan fingerprint density at radius 3 is 2.48 bits per heavy atom. The van der Waals surface area contributed by atoms with Crippen molar-refractivity contribution in [2.75, 3.05) is 0 Å². The minimum atomic E-state index is -0.308. The lowest BCUT2D eigenvalue weighted by Crippen LogP contribution is -2.57. The van der Waals surface area contributed by atoms with Crippen LogP contribution in [0.25, 0.3) is 17.0 Å². The molecule has 1 aromatic heterocycles. The van der Waals surface area contributed by atoms with Gasteiger partial charge in [-0.2, -0.15) is 5.01 Å². The number of aryl methyl sites for hydroxylation is 1. The fourth-order valence-electron chi connectivity index (χ4n) is 6.80. The van der Waals surface area contributed by atoms with Crippen LogP contribution in [0.1, 0.15) is 44.1 Å². The van der Waals surface area contributed by atoms with Crippen LogP contribution in [0.5, 0.6) is 0 Å². The number of carbonyl (C=O) groups is 2. The van der Waals surface area contributed by atoms with E-state index in [4.69, 9.17) is 12.2 Å². The second kappa shape index (κ2) is 6.94. The van der Waals surface area contributed by atoms with Crippen LogP contribution in [-0.4, -0.2) is 25.7 Å². The second-order valence-corrected chi connectivity index (χ2v) is 11.5. The summed E-state index contributed by atoms with van der Waals surface area (Å²) in [7, 11) is 2.00. The molecule has 1 aliphatic heterocycles. The molecule has 4 saturated carbocycles. The number of carbonyl (C=O) groups excluding carboxylic acids is 2. The number of hydrogen-bond donors (Lipinski definition) is 1. The lowest BCUT2D eigenvalue weighted by atomic mass is 9.49. The molecular formula is C24H25N3O2S2. The van der Waals surface area contributed by atoms with Crippen molar-refractivity contribution in [1.29, 1.82) is 0 Å². The molecule has 1 saturated heterocycles. The van der Waals surface area contributed by atoms with Crippen molar-refractivity contribution in [3.63, 3.8) is 0 Å². The summed E-state index contributed by atoms with van der Waals surface area (Å²) >= 11 is 6.74. The topological polar surface area (TPSA) is 54.3 Å². The first-order chi connectivity index (χ1) is 14.9. The molecule has 4 aliphatic carbocycles. The molecule has 160 valence electrons. The lowest BCUT2D eigenvalue weighted by molar-refractivity contribution is -0.152. The Morgan fingerprint density at radius 1 is 1.16 bits per heavy atom. The molecule has 7 rings (SSSR count). The van der Waals surface area contributed by atoms with E-state index in [1.165, 1.54) is 36.0 Å². The summed E-state index contributed by atoms with van der Waals surface area (Å²) in [5.74, 6) is 1.79. The molecule has 5 aliphatic rings. The number of hydrogen-bond acceptors (Lipinski definition) is 4. The van der Waals surface area contributed by atoms with Crippen molar-refractivity contribution < 1.29 is 9.59 Å². The molecule has 2 heterocycles. The van der Waals surface area contributed by atoms with Gasteiger partial charge in [0.1, 0.15) is 0 Å². The van der Waals surface area contributed by atoms with Gasteiger partial charge in [0.15, 0.2) is 4.32 Å². The molecule has 1 N–H and O–H groups in total. The first-order valence-electron chi connectivity index (χ1n) is 11.0. The van der Waals surface area contributed by atoms with Crippen molar-refractivity contribution in [2.45, 2.75) is 38.5 Å². The van der Waals surface area contributed by atoms with Gasteiger partial charge in [0.05, 0.1) is 10.3 Å². The number of aromatic nitrogens is 1. The number of fused-ring (bicyclic) bond motifs is 1. The number of nitrogens with one attached hydrogen (secondary N) is 1. The van der Waals surface area contributed by atoms with Gasteiger partial charge in [0, 0.05) is 29.7 Å². The molecule has 0 spiro atoms. The highest BCUT2D eigenvalue weighted by Gasteiger charge is 2.55. The van der Waals surface area contributed by atoms with Gasteiger partial charge in [-0.1, -0.05) is 30.0 Å². The molecule has 7 heteroatoms. The van der Waals surface area contributed by atoms with Crippen LogP contribution in [0.15, 0.2) is 35.4 Å². The van der Waals surface area contributed by atoms with Crippen LogP contribution in [-0.2, 0) is 16.6 Å². The van der Waals surface area contributed by atoms with Gasteiger partial charge in [0.25, 0.3) is 5.91 Å². The summed E-state index contributed by atoms with van der Waals surface area (Å²) in [6.07, 6.45) is 10.6. The average Bonchev–Trinajstić information content (AvgIpc) is 3.18. The number of thioether (sulfide) groups is 1. The van der Waals surface area contributed by atoms with E-state index >= 15 is 0 Å². The molecule has 1 aromatic carbocycles. The summed E-state index contributed by atoms with van der Waals surface area (Å²) in [4.78, 5) is 27.1. The average molecular weight is 452 g/mol. The number of benzene rings is 1. The monoisotopic (exact) mass is 451 g/mol. The number of amides is 2. The lowest BCUT2D eigenvalue weighted by Gasteiger charge is -2.55. The van der Waals surface area contributed by atoms with Crippen molar-refractivity contribution in [3.8, 4) is 0 Å². The van der Waals surface area contributed by atoms with E-state index < -0.39 is 0 Å². The minimum Gasteiger partial charge on any atom is -0.350 e. The van der Waals surface area contributed by atoms with Gasteiger partial charge in [-0.3, -0.25) is 15.0 Å². The molecule has 31 heavy (non-hydrogen) atoms. The molecule has 2 aromatic rings. The largest absolute Gasteiger partial charge is 0.350 e. The maximum atomic E-state index is 13.4. The standard InChI is InChI=1S/C24H25N3O2S2/c1-26-13-17(18-4-2-3-5-19(18)26)9-20-21(28)27(23(30)31-20)25-22(29)24-10-14-6-15(11-24)8-16(7-14)12-24/h2-5,9,13-16H,6-8,10-12H2,1H3,(H,25,29). The first-order valence-corrected chi connectivity index (χ1v) is 12.3. The summed E-state index contributed by atoms with van der Waals surface area (Å²) in [5.41, 5.74) is 4.71. The zero-order valence-corrected chi connectivity index (χ0v) is 19.1. The van der Waals surface area contributed by atoms with E-state index in [-0.39, 0.29) is 17.2 Å². The van der Waals surface area contributed by atoms with Crippen LogP contribution < -0.4 is 5.43 Å². The summed E-state index contributed by atoms with van der Waals surface area (Å²) in [6.45, 7) is 0. The van der Waals surface area contributed by atoms with Gasteiger partial charge >= 0.3 is 0 Å². The van der Waals surface area contributed by atoms with Crippen LogP contribution in [0.2, 0.25) is 0 Å². The van der Waals surface area contributed by atoms with E-state index in [9.17, 15) is 9.59 Å². The van der Waals surface area contributed by atoms with Gasteiger partial charge in [-0.15, -0.1) is 0 Å². The quantitative estimate of drug-likeness (QED) is 0.546. The molecule has 5 nitrogen and oxygen atoms in total. The van der Waals surface area contributed by atoms with Gasteiger partial charge in [-0.05, 0) is 80.6 Å². The van der Waals surface area contributed by atoms with E-state index in [1.807, 2.05) is 31.5 Å². The molecule has 2 amide bonds. The summed E-state index contributed by atoms with van der Waals surface area (Å²) in [6, 6.07) is 8.11. The maximum absolute atomic E-state index is 13.4. The van der Waals surface area contributed by atoms with Crippen molar-refractivity contribution in [3.05, 3.63) is 40.9 Å². The fraction of sp³-hybridized carbons (Fsp3) is 0.458. The summed E-state index contributed by atoms with van der Waals surface area (Å²) in [5, 5.41) is 2.39. The first kappa shape index (κ1) is 19.6. The van der Waals surface area contributed by atoms with Crippen molar-refractivity contribution >= 4 is 57.1 Å². The Bertz CT molecular complexity index is 1130. The highest BCUT2D eigenvalue weighted by atomic mass is 32.2. The Kier molecular flexibility index (Phi) is 4.38. The van der Waals surface area contributed by atoms with Crippen LogP contribution in [0.3, 0.4) is 0 Å². The smallest absolute Gasteiger partial charge is 0.285 e. The molecule has 0 atom stereocenters. The Balaban J connectivity index is 1.25. The zero-order chi connectivity index (χ0) is 21.3. The Labute approximate surface area is 191 Å². The predicted molar refractivity (Wildman–Crippen MR) is 127 cm³/mol. The number of rotatable bonds is 3. The van der Waals surface area contributed by atoms with Gasteiger partial charge in [-0.25, -0.2) is 0 Å². The SMILES string of the molecule is Cn1cc(C=C2SC(=S)N(NC(=O)C34CC5CC(CC(C5)C3)C4)C2=O)c2ccccc21. The van der Waals surface area contributed by atoms with Crippen molar-refractivity contribution in [2.24, 2.45) is 30.2 Å². The molecule has 4 bridgehead atoms. The normalized spacial score (nSPS) is 33.1. The highest BCUT2D eigenvalue weighted by Crippen LogP contribution is 2.60. The number of para-hydroxylation sites is 1. The van der Waals surface area contributed by atoms with Crippen LogP contribution >= 0.6 is 24.0 Å². The Morgan fingerprint density at radius 2 is 1.81 bits per heavy atom. The molecule has 0 radical (unpaired) electrons. The second-order valence-electron chi connectivity index (χ2n) is 9.87. The maximum Gasteiger partial charge on any atom is 0.285 e. The third kappa shape index (κ3) is 3.08. The van der Waals surface area contributed by atoms with Crippen molar-refractivity contribution in [1.82, 2.24) is 15.0 Å². The predicted octanol–water partition coefficient (Wildman–Crippen LogP) is 4.63. The van der Waals surface area contributed by atoms with Crippen LogP contribution in [0.4, 0.5) is 0 Å². The number of thiocarbonyl (C=S) groups is 1. The summed E-state index contributed by atoms with van der Waals surface area (Å²) < 4.78 is 2.45. The Hall–Kier alpha value is -2.12. The molecule has 0 unspecified atom stereocenters. The third-order valence-electron chi connectivity index (χ3n) is 7.74. The highest BCUT2D eigenvalue weighted by molar-refractivity contribution is 8.26. The van der Waals surface area contributed by atoms with Gasteiger partial charge in [0.2, 0.25) is 5.91 Å². The minimum absolute atomic E-state index is 0.00527. The zero-order valence-electron chi connectivity index (χ0n) is 17.5.